The van der Waals surface area contributed by atoms with Gasteiger partial charge in [-0.3, -0.25) is 0 Å². The van der Waals surface area contributed by atoms with Crippen LogP contribution in [-0.4, -0.2) is 28.0 Å². The maximum absolute atomic E-state index is 10.5. The summed E-state index contributed by atoms with van der Waals surface area (Å²) in [5.74, 6) is 0. The van der Waals surface area contributed by atoms with Crippen molar-refractivity contribution in [3.8, 4) is 0 Å². The van der Waals surface area contributed by atoms with Crippen molar-refractivity contribution in [3.63, 3.8) is 0 Å². The fraction of sp³-hybridized carbons (Fsp3) is 1.00. The van der Waals surface area contributed by atoms with Crippen molar-refractivity contribution in [1.29, 1.82) is 0 Å². The molecule has 2 N–H and O–H groups in total. The van der Waals surface area contributed by atoms with Crippen LogP contribution in [0.3, 0.4) is 0 Å². The van der Waals surface area contributed by atoms with Gasteiger partial charge >= 0.3 is 7.75 Å². The van der Waals surface area contributed by atoms with Crippen LogP contribution in [0, 0.1) is 0 Å². The second-order valence-electron chi connectivity index (χ2n) is 2.25. The molecular formula is C5H14NO3P. The smallest absolute Gasteiger partial charge is 0.312 e. The van der Waals surface area contributed by atoms with Crippen molar-refractivity contribution in [3.05, 3.63) is 0 Å². The summed E-state index contributed by atoms with van der Waals surface area (Å²) in [4.78, 5) is 17.1. The highest BCUT2D eigenvalue weighted by Crippen LogP contribution is 2.37. The average molecular weight is 167 g/mol. The van der Waals surface area contributed by atoms with Crippen molar-refractivity contribution >= 4 is 7.75 Å². The Kier molecular flexibility index (Phi) is 4.13. The zero-order chi connectivity index (χ0) is 8.20. The number of rotatable bonds is 4. The molecular weight excluding hydrogens is 153 g/mol. The molecule has 0 bridgehead atoms. The summed E-state index contributed by atoms with van der Waals surface area (Å²) in [6, 6.07) is 0. The van der Waals surface area contributed by atoms with Crippen LogP contribution in [0.1, 0.15) is 19.8 Å². The Morgan fingerprint density at radius 3 is 2.30 bits per heavy atom. The molecule has 0 aliphatic heterocycles. The molecule has 0 spiro atoms. The molecule has 0 atom stereocenters. The van der Waals surface area contributed by atoms with Crippen LogP contribution in [0.25, 0.3) is 0 Å². The van der Waals surface area contributed by atoms with Gasteiger partial charge in [0, 0.05) is 6.54 Å². The molecule has 0 unspecified atom stereocenters. The van der Waals surface area contributed by atoms with Gasteiger partial charge in [-0.15, -0.1) is 0 Å². The molecule has 0 aliphatic rings. The fourth-order valence-corrected chi connectivity index (χ4v) is 0.919. The Hall–Kier alpha value is 0.110. The van der Waals surface area contributed by atoms with Gasteiger partial charge in [0.25, 0.3) is 0 Å². The first kappa shape index (κ1) is 10.1. The summed E-state index contributed by atoms with van der Waals surface area (Å²) in [5.41, 5.74) is 0. The average Bonchev–Trinajstić information content (AvgIpc) is 1.80. The lowest BCUT2D eigenvalue weighted by molar-refractivity contribution is 0.290. The zero-order valence-electron chi connectivity index (χ0n) is 6.32. The molecule has 0 aromatic carbocycles. The lowest BCUT2D eigenvalue weighted by Crippen LogP contribution is -2.15. The lowest BCUT2D eigenvalue weighted by atomic mass is 10.3. The van der Waals surface area contributed by atoms with Gasteiger partial charge in [-0.25, -0.2) is 9.24 Å². The van der Waals surface area contributed by atoms with E-state index in [1.54, 1.807) is 0 Å². The maximum Gasteiger partial charge on any atom is 0.402 e. The molecule has 10 heavy (non-hydrogen) atoms. The maximum atomic E-state index is 10.5. The zero-order valence-corrected chi connectivity index (χ0v) is 7.21. The molecule has 0 aliphatic carbocycles. The van der Waals surface area contributed by atoms with Crippen molar-refractivity contribution < 1.29 is 14.4 Å². The monoisotopic (exact) mass is 167 g/mol. The van der Waals surface area contributed by atoms with E-state index in [9.17, 15) is 4.57 Å². The summed E-state index contributed by atoms with van der Waals surface area (Å²) in [6.07, 6.45) is 1.77. The quantitative estimate of drug-likeness (QED) is 0.608. The van der Waals surface area contributed by atoms with E-state index in [1.807, 2.05) is 6.92 Å². The van der Waals surface area contributed by atoms with Gasteiger partial charge in [0.15, 0.2) is 0 Å². The number of nitrogens with zero attached hydrogens (tertiary/aromatic N) is 1. The molecule has 0 aromatic heterocycles. The highest BCUT2D eigenvalue weighted by molar-refractivity contribution is 7.49. The van der Waals surface area contributed by atoms with Gasteiger partial charge in [0.2, 0.25) is 0 Å². The van der Waals surface area contributed by atoms with Crippen LogP contribution in [-0.2, 0) is 4.57 Å². The third-order valence-corrected chi connectivity index (χ3v) is 2.37. The first-order chi connectivity index (χ1) is 4.48. The highest BCUT2D eigenvalue weighted by atomic mass is 31.2. The van der Waals surface area contributed by atoms with Crippen molar-refractivity contribution in [2.24, 2.45) is 0 Å². The molecule has 0 radical (unpaired) electrons. The first-order valence-corrected chi connectivity index (χ1v) is 4.82. The summed E-state index contributed by atoms with van der Waals surface area (Å²) in [6.45, 7) is 2.44. The van der Waals surface area contributed by atoms with Crippen LogP contribution in [0.4, 0.5) is 0 Å². The molecule has 0 aromatic rings. The minimum Gasteiger partial charge on any atom is -0.312 e. The Morgan fingerprint density at radius 2 is 2.00 bits per heavy atom. The van der Waals surface area contributed by atoms with Gasteiger partial charge in [-0.2, -0.15) is 0 Å². The number of hydrogen-bond acceptors (Lipinski definition) is 1. The Balaban J connectivity index is 3.63. The van der Waals surface area contributed by atoms with E-state index in [0.717, 1.165) is 17.5 Å². The van der Waals surface area contributed by atoms with E-state index >= 15 is 0 Å². The third-order valence-electron chi connectivity index (χ3n) is 1.28. The molecule has 0 heterocycles. The highest BCUT2D eigenvalue weighted by Gasteiger charge is 2.19. The van der Waals surface area contributed by atoms with Gasteiger partial charge in [0.1, 0.15) is 0 Å². The Bertz CT molecular complexity index is 133. The normalized spacial score (nSPS) is 12.5. The lowest BCUT2D eigenvalue weighted by Gasteiger charge is -2.16. The van der Waals surface area contributed by atoms with E-state index < -0.39 is 7.75 Å². The molecule has 0 saturated carbocycles. The van der Waals surface area contributed by atoms with Gasteiger partial charge in [-0.1, -0.05) is 13.3 Å². The minimum atomic E-state index is -3.95. The Labute approximate surface area is 61.1 Å². The predicted molar refractivity (Wildman–Crippen MR) is 39.6 cm³/mol. The number of unbranched alkanes of at least 4 members (excludes halogenated alkanes) is 1. The van der Waals surface area contributed by atoms with Crippen LogP contribution in [0.15, 0.2) is 0 Å². The largest absolute Gasteiger partial charge is 0.402 e. The fourth-order valence-electron chi connectivity index (χ4n) is 0.517. The predicted octanol–water partition coefficient (Wildman–Crippen LogP) is 0.811. The third kappa shape index (κ3) is 4.01. The van der Waals surface area contributed by atoms with Gasteiger partial charge < -0.3 is 9.79 Å². The van der Waals surface area contributed by atoms with Gasteiger partial charge in [-0.05, 0) is 13.5 Å². The molecule has 5 heteroatoms. The molecule has 0 saturated heterocycles. The van der Waals surface area contributed by atoms with E-state index in [-0.39, 0.29) is 0 Å². The second kappa shape index (κ2) is 4.09. The molecule has 0 fully saturated rings. The first-order valence-electron chi connectivity index (χ1n) is 3.25. The van der Waals surface area contributed by atoms with Crippen LogP contribution >= 0.6 is 7.75 Å². The summed E-state index contributed by atoms with van der Waals surface area (Å²) in [7, 11) is -2.53. The standard InChI is InChI=1S/C5H14NO3P/c1-3-4-5-6(2)10(7,8)9/h3-5H2,1-2H3,(H2,7,8,9). The molecule has 4 nitrogen and oxygen atoms in total. The van der Waals surface area contributed by atoms with E-state index in [0.29, 0.717) is 6.54 Å². The van der Waals surface area contributed by atoms with Crippen LogP contribution in [0.2, 0.25) is 0 Å². The molecule has 62 valence electrons. The van der Waals surface area contributed by atoms with E-state index in [2.05, 4.69) is 0 Å². The minimum absolute atomic E-state index is 0.459. The van der Waals surface area contributed by atoms with Crippen LogP contribution < -0.4 is 0 Å². The summed E-state index contributed by atoms with van der Waals surface area (Å²) < 4.78 is 11.5. The van der Waals surface area contributed by atoms with Crippen molar-refractivity contribution in [2.75, 3.05) is 13.6 Å². The summed E-state index contributed by atoms with van der Waals surface area (Å²) >= 11 is 0. The van der Waals surface area contributed by atoms with Crippen molar-refractivity contribution in [1.82, 2.24) is 4.67 Å². The second-order valence-corrected chi connectivity index (χ2v) is 3.96. The molecule has 0 amide bonds. The van der Waals surface area contributed by atoms with Crippen LogP contribution in [0.5, 0.6) is 0 Å². The van der Waals surface area contributed by atoms with E-state index in [1.165, 1.54) is 7.05 Å². The van der Waals surface area contributed by atoms with E-state index in [4.69, 9.17) is 9.79 Å². The topological polar surface area (TPSA) is 60.8 Å². The van der Waals surface area contributed by atoms with Crippen molar-refractivity contribution in [2.45, 2.75) is 19.8 Å². The number of hydrogen-bond donors (Lipinski definition) is 2. The van der Waals surface area contributed by atoms with Gasteiger partial charge in [0.05, 0.1) is 0 Å². The molecule has 0 rings (SSSR count). The summed E-state index contributed by atoms with van der Waals surface area (Å²) in [5, 5.41) is 0. The Morgan fingerprint density at radius 1 is 1.50 bits per heavy atom. The SMILES string of the molecule is CCCCN(C)P(=O)(O)O.